The maximum Gasteiger partial charge on any atom is 0.344 e. The van der Waals surface area contributed by atoms with Gasteiger partial charge in [0, 0.05) is 5.57 Å². The van der Waals surface area contributed by atoms with Gasteiger partial charge >= 0.3 is 11.9 Å². The smallest absolute Gasteiger partial charge is 0.344 e. The van der Waals surface area contributed by atoms with Gasteiger partial charge in [0.1, 0.15) is 29.7 Å². The summed E-state index contributed by atoms with van der Waals surface area (Å²) in [5.74, 6) is -1.39. The van der Waals surface area contributed by atoms with Crippen molar-refractivity contribution in [2.45, 2.75) is 49.4 Å². The Morgan fingerprint density at radius 3 is 2.68 bits per heavy atom. The van der Waals surface area contributed by atoms with Crippen LogP contribution in [0.25, 0.3) is 0 Å². The number of hydrogen-bond donors (Lipinski definition) is 0. The second-order valence-corrected chi connectivity index (χ2v) is 8.26. The van der Waals surface area contributed by atoms with Gasteiger partial charge in [0.15, 0.2) is 6.61 Å². The highest BCUT2D eigenvalue weighted by Gasteiger charge is 2.72. The molecule has 5 unspecified atom stereocenters. The first-order chi connectivity index (χ1) is 11.6. The molecule has 0 spiro atoms. The van der Waals surface area contributed by atoms with Crippen LogP contribution in [0, 0.1) is 0 Å². The van der Waals surface area contributed by atoms with E-state index in [4.69, 9.17) is 18.4 Å². The van der Waals surface area contributed by atoms with Crippen LogP contribution in [0.4, 0.5) is 0 Å². The molecule has 9 nitrogen and oxygen atoms in total. The van der Waals surface area contributed by atoms with Crippen molar-refractivity contribution < 1.29 is 41.1 Å². The van der Waals surface area contributed by atoms with Gasteiger partial charge in [0.2, 0.25) is 0 Å². The van der Waals surface area contributed by atoms with Crippen LogP contribution in [0.5, 0.6) is 0 Å². The molecule has 0 saturated carbocycles. The highest BCUT2D eigenvalue weighted by atomic mass is 32.2. The molecule has 3 fully saturated rings. The first kappa shape index (κ1) is 18.3. The Balaban J connectivity index is 1.43. The molecule has 3 aliphatic rings. The molecule has 140 valence electrons. The quantitative estimate of drug-likeness (QED) is 0.255. The molecule has 0 aromatic heterocycles. The highest BCUT2D eigenvalue weighted by molar-refractivity contribution is 7.87. The summed E-state index contributed by atoms with van der Waals surface area (Å²) in [6.07, 6.45) is -1.10. The molecule has 0 radical (unpaired) electrons. The summed E-state index contributed by atoms with van der Waals surface area (Å²) in [4.78, 5) is 22.6. The normalized spacial score (nSPS) is 37.0. The highest BCUT2D eigenvalue weighted by Crippen LogP contribution is 2.54. The second kappa shape index (κ2) is 6.35. The van der Waals surface area contributed by atoms with E-state index in [1.807, 2.05) is 0 Å². The van der Waals surface area contributed by atoms with Gasteiger partial charge in [-0.25, -0.2) is 9.59 Å². The monoisotopic (exact) mass is 376 g/mol. The van der Waals surface area contributed by atoms with Gasteiger partial charge in [0.05, 0.1) is 12.7 Å². The fourth-order valence-electron chi connectivity index (χ4n) is 3.48. The number of fused-ring (bicyclic) bond motifs is 1. The van der Waals surface area contributed by atoms with Gasteiger partial charge in [0.25, 0.3) is 10.1 Å². The van der Waals surface area contributed by atoms with Crippen LogP contribution < -0.4 is 0 Å². The average Bonchev–Trinajstić information content (AvgIpc) is 3.10. The van der Waals surface area contributed by atoms with E-state index in [1.165, 1.54) is 6.92 Å². The Labute approximate surface area is 145 Å². The number of rotatable bonds is 7. The van der Waals surface area contributed by atoms with Gasteiger partial charge in [-0.2, -0.15) is 8.42 Å². The third kappa shape index (κ3) is 3.19. The van der Waals surface area contributed by atoms with E-state index in [1.54, 1.807) is 6.92 Å². The fraction of sp³-hybridized carbons (Fsp3) is 0.733. The summed E-state index contributed by atoms with van der Waals surface area (Å²) < 4.78 is 50.0. The Morgan fingerprint density at radius 1 is 1.28 bits per heavy atom. The molecule has 25 heavy (non-hydrogen) atoms. The van der Waals surface area contributed by atoms with E-state index in [9.17, 15) is 18.0 Å². The minimum Gasteiger partial charge on any atom is -0.461 e. The van der Waals surface area contributed by atoms with Crippen molar-refractivity contribution in [3.63, 3.8) is 0 Å². The van der Waals surface area contributed by atoms with Crippen LogP contribution in [-0.4, -0.2) is 69.3 Å². The van der Waals surface area contributed by atoms with Crippen molar-refractivity contribution in [3.8, 4) is 0 Å². The predicted octanol–water partition coefficient (Wildman–Crippen LogP) is -0.307. The summed E-state index contributed by atoms with van der Waals surface area (Å²) in [6.45, 7) is 5.98. The molecule has 0 amide bonds. The molecule has 5 atom stereocenters. The summed E-state index contributed by atoms with van der Waals surface area (Å²) in [5.41, 5.74) is -0.863. The summed E-state index contributed by atoms with van der Waals surface area (Å²) in [7, 11) is -3.64. The van der Waals surface area contributed by atoms with Gasteiger partial charge < -0.3 is 18.9 Å². The lowest BCUT2D eigenvalue weighted by Crippen LogP contribution is -2.50. The SMILES string of the molecule is C=C(C)C(=O)OCC(=O)OCCOC1C2CC3C(O2)C1(C)OS3(=O)=O. The van der Waals surface area contributed by atoms with Gasteiger partial charge in [-0.05, 0) is 20.3 Å². The standard InChI is InChI=1S/C15H20O9S/c1-8(2)14(17)22-7-11(16)20-4-5-21-12-9-6-10-13(23-9)15(12,3)24-25(10,18)19/h9-10,12-13H,1,4-7H2,2-3H3. The zero-order valence-electron chi connectivity index (χ0n) is 13.9. The summed E-state index contributed by atoms with van der Waals surface area (Å²) in [6, 6.07) is 0. The van der Waals surface area contributed by atoms with Crippen molar-refractivity contribution >= 4 is 22.1 Å². The molecule has 3 rings (SSSR count). The molecule has 2 bridgehead atoms. The van der Waals surface area contributed by atoms with Crippen molar-refractivity contribution in [2.24, 2.45) is 0 Å². The lowest BCUT2D eigenvalue weighted by atomic mass is 9.83. The number of carbonyl (C=O) groups is 2. The van der Waals surface area contributed by atoms with Crippen LogP contribution in [0.15, 0.2) is 12.2 Å². The Kier molecular flexibility index (Phi) is 4.65. The van der Waals surface area contributed by atoms with Gasteiger partial charge in [-0.3, -0.25) is 4.18 Å². The Bertz CT molecular complexity index is 700. The number of esters is 2. The van der Waals surface area contributed by atoms with Gasteiger partial charge in [-0.1, -0.05) is 6.58 Å². The zero-order chi connectivity index (χ0) is 18.4. The maximum absolute atomic E-state index is 12.0. The maximum atomic E-state index is 12.0. The number of hydrogen-bond acceptors (Lipinski definition) is 9. The molecule has 0 aromatic carbocycles. The van der Waals surface area contributed by atoms with Crippen LogP contribution >= 0.6 is 0 Å². The van der Waals surface area contributed by atoms with E-state index in [0.29, 0.717) is 6.42 Å². The fourth-order valence-corrected chi connectivity index (χ4v) is 5.36. The van der Waals surface area contributed by atoms with E-state index in [-0.39, 0.29) is 24.9 Å². The molecule has 0 aliphatic carbocycles. The van der Waals surface area contributed by atoms with E-state index in [2.05, 4.69) is 11.3 Å². The molecule has 0 aromatic rings. The van der Waals surface area contributed by atoms with Crippen LogP contribution in [-0.2, 0) is 42.8 Å². The Hall–Kier alpha value is -1.49. The zero-order valence-corrected chi connectivity index (χ0v) is 14.7. The van der Waals surface area contributed by atoms with Crippen molar-refractivity contribution in [1.82, 2.24) is 0 Å². The topological polar surface area (TPSA) is 114 Å². The Morgan fingerprint density at radius 2 is 2.00 bits per heavy atom. The molecule has 0 N–H and O–H groups in total. The number of carbonyl (C=O) groups excluding carboxylic acids is 2. The van der Waals surface area contributed by atoms with Crippen LogP contribution in [0.2, 0.25) is 0 Å². The molecular weight excluding hydrogens is 356 g/mol. The molecule has 3 saturated heterocycles. The first-order valence-electron chi connectivity index (χ1n) is 7.85. The largest absolute Gasteiger partial charge is 0.461 e. The van der Waals surface area contributed by atoms with E-state index < -0.39 is 51.7 Å². The third-order valence-electron chi connectivity index (χ3n) is 4.57. The molecular formula is C15H20O9S. The third-order valence-corrected chi connectivity index (χ3v) is 6.34. The van der Waals surface area contributed by atoms with Crippen LogP contribution in [0.1, 0.15) is 20.3 Å². The molecule has 3 heterocycles. The number of ether oxygens (including phenoxy) is 4. The van der Waals surface area contributed by atoms with Crippen molar-refractivity contribution in [1.29, 1.82) is 0 Å². The summed E-state index contributed by atoms with van der Waals surface area (Å²) in [5, 5.41) is -0.636. The van der Waals surface area contributed by atoms with Crippen molar-refractivity contribution in [3.05, 3.63) is 12.2 Å². The lowest BCUT2D eigenvalue weighted by molar-refractivity contribution is -0.159. The minimum atomic E-state index is -3.64. The minimum absolute atomic E-state index is 0.0427. The average molecular weight is 376 g/mol. The molecule has 3 aliphatic heterocycles. The lowest BCUT2D eigenvalue weighted by Gasteiger charge is -2.30. The van der Waals surface area contributed by atoms with Crippen molar-refractivity contribution in [2.75, 3.05) is 19.8 Å². The van der Waals surface area contributed by atoms with E-state index >= 15 is 0 Å². The van der Waals surface area contributed by atoms with Crippen LogP contribution in [0.3, 0.4) is 0 Å². The summed E-state index contributed by atoms with van der Waals surface area (Å²) >= 11 is 0. The molecule has 10 heteroatoms. The predicted molar refractivity (Wildman–Crippen MR) is 81.9 cm³/mol. The first-order valence-corrected chi connectivity index (χ1v) is 9.32. The second-order valence-electron chi connectivity index (χ2n) is 6.50. The van der Waals surface area contributed by atoms with Gasteiger partial charge in [-0.15, -0.1) is 0 Å². The van der Waals surface area contributed by atoms with E-state index in [0.717, 1.165) is 0 Å².